The highest BCUT2D eigenvalue weighted by Gasteiger charge is 2.18. The topological polar surface area (TPSA) is 102 Å². The smallest absolute Gasteiger partial charge is 0.270 e. The zero-order valence-electron chi connectivity index (χ0n) is 17.2. The van der Waals surface area contributed by atoms with Crippen LogP contribution < -0.4 is 24.8 Å². The highest BCUT2D eigenvalue weighted by atomic mass is 16.5. The lowest BCUT2D eigenvalue weighted by atomic mass is 10.1. The molecule has 0 radical (unpaired) electrons. The fourth-order valence-electron chi connectivity index (χ4n) is 2.50. The van der Waals surface area contributed by atoms with Gasteiger partial charge in [0, 0.05) is 25.2 Å². The Balaban J connectivity index is 2.18. The number of methoxy groups -OCH3 is 3. The van der Waals surface area contributed by atoms with E-state index in [0.717, 1.165) is 0 Å². The third-order valence-corrected chi connectivity index (χ3v) is 4.02. The van der Waals surface area contributed by atoms with Crippen LogP contribution in [0.4, 0.5) is 5.82 Å². The molecule has 2 amide bonds. The number of amides is 2. The Morgan fingerprint density at radius 1 is 0.966 bits per heavy atom. The summed E-state index contributed by atoms with van der Waals surface area (Å²) >= 11 is 0. The molecule has 2 aromatic rings. The average Bonchev–Trinajstić information content (AvgIpc) is 2.72. The van der Waals surface area contributed by atoms with E-state index in [9.17, 15) is 9.59 Å². The minimum atomic E-state index is -0.458. The summed E-state index contributed by atoms with van der Waals surface area (Å²) in [5.41, 5.74) is 0.452. The summed E-state index contributed by atoms with van der Waals surface area (Å²) in [6.45, 7) is 1.20. The molecular weight excluding hydrogens is 376 g/mol. The van der Waals surface area contributed by atoms with E-state index in [0.29, 0.717) is 30.3 Å². The van der Waals surface area contributed by atoms with Gasteiger partial charge in [-0.3, -0.25) is 9.59 Å². The number of anilines is 1. The summed E-state index contributed by atoms with van der Waals surface area (Å²) in [6, 6.07) is 7.91. The van der Waals surface area contributed by atoms with Crippen LogP contribution in [0.5, 0.6) is 17.2 Å². The van der Waals surface area contributed by atoms with Crippen molar-refractivity contribution in [3.63, 3.8) is 0 Å². The van der Waals surface area contributed by atoms with Gasteiger partial charge in [0.1, 0.15) is 17.3 Å². The lowest BCUT2D eigenvalue weighted by Crippen LogP contribution is -2.31. The molecule has 9 heteroatoms. The summed E-state index contributed by atoms with van der Waals surface area (Å²) in [5, 5.41) is 5.46. The van der Waals surface area contributed by atoms with Crippen LogP contribution in [0.3, 0.4) is 0 Å². The van der Waals surface area contributed by atoms with Crippen molar-refractivity contribution in [3.05, 3.63) is 41.6 Å². The quantitative estimate of drug-likeness (QED) is 0.658. The Hall–Kier alpha value is -3.33. The molecule has 29 heavy (non-hydrogen) atoms. The first-order valence-corrected chi connectivity index (χ1v) is 8.91. The Morgan fingerprint density at radius 3 is 2.24 bits per heavy atom. The maximum Gasteiger partial charge on any atom is 0.270 e. The number of carbonyl (C=O) groups excluding carboxylic acids is 2. The number of rotatable bonds is 9. The van der Waals surface area contributed by atoms with Crippen LogP contribution in [0.15, 0.2) is 30.3 Å². The first-order valence-electron chi connectivity index (χ1n) is 8.91. The van der Waals surface area contributed by atoms with Gasteiger partial charge < -0.3 is 29.7 Å². The predicted octanol–water partition coefficient (Wildman–Crippen LogP) is 1.65. The molecular formula is C20H26N4O5. The summed E-state index contributed by atoms with van der Waals surface area (Å²) < 4.78 is 15.8. The van der Waals surface area contributed by atoms with Crippen LogP contribution in [-0.4, -0.2) is 70.2 Å². The van der Waals surface area contributed by atoms with E-state index >= 15 is 0 Å². The van der Waals surface area contributed by atoms with Crippen LogP contribution in [0.25, 0.3) is 0 Å². The zero-order chi connectivity index (χ0) is 21.4. The van der Waals surface area contributed by atoms with E-state index in [1.54, 1.807) is 24.3 Å². The Morgan fingerprint density at radius 2 is 1.62 bits per heavy atom. The van der Waals surface area contributed by atoms with Gasteiger partial charge in [0.2, 0.25) is 0 Å². The molecule has 2 N–H and O–H groups in total. The van der Waals surface area contributed by atoms with Crippen molar-refractivity contribution < 1.29 is 23.8 Å². The maximum atomic E-state index is 12.8. The SMILES string of the molecule is COc1cc(OC)c(C(=O)Nc2cccc(C(=O)NCCN(C)C)n2)cc1OC. The number of hydrogen-bond acceptors (Lipinski definition) is 7. The van der Waals surface area contributed by atoms with Crippen molar-refractivity contribution in [1.29, 1.82) is 0 Å². The first-order chi connectivity index (χ1) is 13.9. The zero-order valence-corrected chi connectivity index (χ0v) is 17.2. The van der Waals surface area contributed by atoms with Crippen molar-refractivity contribution >= 4 is 17.6 Å². The molecule has 0 spiro atoms. The molecule has 1 heterocycles. The van der Waals surface area contributed by atoms with E-state index in [2.05, 4.69) is 15.6 Å². The lowest BCUT2D eigenvalue weighted by molar-refractivity contribution is 0.0944. The van der Waals surface area contributed by atoms with Crippen LogP contribution in [0.1, 0.15) is 20.8 Å². The van der Waals surface area contributed by atoms with Gasteiger partial charge in [-0.15, -0.1) is 0 Å². The molecule has 0 saturated heterocycles. The molecule has 0 aliphatic rings. The second-order valence-corrected chi connectivity index (χ2v) is 6.33. The summed E-state index contributed by atoms with van der Waals surface area (Å²) in [5.74, 6) is 0.618. The van der Waals surface area contributed by atoms with E-state index < -0.39 is 5.91 Å². The van der Waals surface area contributed by atoms with E-state index in [1.165, 1.54) is 27.4 Å². The molecule has 156 valence electrons. The normalized spacial score (nSPS) is 10.4. The monoisotopic (exact) mass is 402 g/mol. The molecule has 0 bridgehead atoms. The fraction of sp³-hybridized carbons (Fsp3) is 0.350. The maximum absolute atomic E-state index is 12.8. The van der Waals surface area contributed by atoms with E-state index in [-0.39, 0.29) is 23.0 Å². The summed E-state index contributed by atoms with van der Waals surface area (Å²) in [4.78, 5) is 31.2. The molecule has 1 aromatic carbocycles. The third kappa shape index (κ3) is 5.82. The largest absolute Gasteiger partial charge is 0.496 e. The number of carbonyl (C=O) groups is 2. The molecule has 0 aliphatic heterocycles. The molecule has 9 nitrogen and oxygen atoms in total. The van der Waals surface area contributed by atoms with Gasteiger partial charge in [-0.1, -0.05) is 6.07 Å². The number of likely N-dealkylation sites (N-methyl/N-ethyl adjacent to an activating group) is 1. The van der Waals surface area contributed by atoms with Crippen LogP contribution in [0, 0.1) is 0 Å². The Kier molecular flexibility index (Phi) is 7.79. The lowest BCUT2D eigenvalue weighted by Gasteiger charge is -2.14. The molecule has 0 atom stereocenters. The highest BCUT2D eigenvalue weighted by molar-refractivity contribution is 6.06. The van der Waals surface area contributed by atoms with E-state index in [1.807, 2.05) is 19.0 Å². The first kappa shape index (κ1) is 22.0. The number of nitrogens with zero attached hydrogens (tertiary/aromatic N) is 2. The second-order valence-electron chi connectivity index (χ2n) is 6.33. The van der Waals surface area contributed by atoms with Gasteiger partial charge in [0.25, 0.3) is 11.8 Å². The van der Waals surface area contributed by atoms with Gasteiger partial charge in [-0.2, -0.15) is 0 Å². The molecule has 0 fully saturated rings. The average molecular weight is 402 g/mol. The number of benzene rings is 1. The van der Waals surface area contributed by atoms with Crippen LogP contribution in [-0.2, 0) is 0 Å². The van der Waals surface area contributed by atoms with Gasteiger partial charge in [-0.25, -0.2) is 4.98 Å². The second kappa shape index (κ2) is 10.3. The van der Waals surface area contributed by atoms with Gasteiger partial charge in [0.15, 0.2) is 11.5 Å². The molecule has 0 saturated carbocycles. The van der Waals surface area contributed by atoms with Crippen LogP contribution >= 0.6 is 0 Å². The number of nitrogens with one attached hydrogen (secondary N) is 2. The van der Waals surface area contributed by atoms with E-state index in [4.69, 9.17) is 14.2 Å². The van der Waals surface area contributed by atoms with Crippen molar-refractivity contribution in [2.24, 2.45) is 0 Å². The minimum Gasteiger partial charge on any atom is -0.496 e. The van der Waals surface area contributed by atoms with Gasteiger partial charge in [0.05, 0.1) is 26.9 Å². The Bertz CT molecular complexity index is 870. The Labute approximate surface area is 170 Å². The standard InChI is InChI=1S/C20H26N4O5/c1-24(2)10-9-21-20(26)14-7-6-8-18(22-14)23-19(25)13-11-16(28-4)17(29-5)12-15(13)27-3/h6-8,11-12H,9-10H2,1-5H3,(H,21,26)(H,22,23,25). The summed E-state index contributed by atoms with van der Waals surface area (Å²) in [6.07, 6.45) is 0. The van der Waals surface area contributed by atoms with Crippen molar-refractivity contribution in [3.8, 4) is 17.2 Å². The number of aromatic nitrogens is 1. The van der Waals surface area contributed by atoms with Crippen molar-refractivity contribution in [2.75, 3.05) is 53.8 Å². The number of ether oxygens (including phenoxy) is 3. The van der Waals surface area contributed by atoms with Gasteiger partial charge in [-0.05, 0) is 26.2 Å². The highest BCUT2D eigenvalue weighted by Crippen LogP contribution is 2.34. The summed E-state index contributed by atoms with van der Waals surface area (Å²) in [7, 11) is 8.27. The third-order valence-electron chi connectivity index (χ3n) is 4.02. The molecule has 0 aliphatic carbocycles. The minimum absolute atomic E-state index is 0.209. The molecule has 2 rings (SSSR count). The molecule has 0 unspecified atom stereocenters. The predicted molar refractivity (Wildman–Crippen MR) is 109 cm³/mol. The van der Waals surface area contributed by atoms with Crippen LogP contribution in [0.2, 0.25) is 0 Å². The molecule has 1 aromatic heterocycles. The van der Waals surface area contributed by atoms with Crippen molar-refractivity contribution in [1.82, 2.24) is 15.2 Å². The number of pyridine rings is 1. The van der Waals surface area contributed by atoms with Crippen molar-refractivity contribution in [2.45, 2.75) is 0 Å². The fourth-order valence-corrected chi connectivity index (χ4v) is 2.50. The number of hydrogen-bond donors (Lipinski definition) is 2. The van der Waals surface area contributed by atoms with Gasteiger partial charge >= 0.3 is 0 Å².